The Balaban J connectivity index is 1.43. The smallest absolute Gasteiger partial charge is 0.183 e. The highest BCUT2D eigenvalue weighted by molar-refractivity contribution is 7.19. The Labute approximate surface area is 183 Å². The molecule has 154 valence electrons. The van der Waals surface area contributed by atoms with Gasteiger partial charge in [0.05, 0.1) is 23.8 Å². The predicted molar refractivity (Wildman–Crippen MR) is 122 cm³/mol. The van der Waals surface area contributed by atoms with Crippen molar-refractivity contribution in [3.8, 4) is 11.5 Å². The van der Waals surface area contributed by atoms with E-state index in [1.807, 2.05) is 12.1 Å². The van der Waals surface area contributed by atoms with E-state index in [1.165, 1.54) is 23.3 Å². The molecule has 0 aliphatic heterocycles. The lowest BCUT2D eigenvalue weighted by Gasteiger charge is -2.13. The Kier molecular flexibility index (Phi) is 4.38. The van der Waals surface area contributed by atoms with E-state index in [4.69, 9.17) is 15.0 Å². The van der Waals surface area contributed by atoms with E-state index in [2.05, 4.69) is 38.9 Å². The molecule has 5 aromatic rings. The number of nitrogens with zero attached hydrogens (tertiary/aromatic N) is 6. The quantitative estimate of drug-likeness (QED) is 0.452. The van der Waals surface area contributed by atoms with Crippen LogP contribution < -0.4 is 5.32 Å². The molecule has 0 radical (unpaired) electrons. The van der Waals surface area contributed by atoms with Crippen molar-refractivity contribution in [1.29, 1.82) is 0 Å². The highest BCUT2D eigenvalue weighted by Gasteiger charge is 2.22. The first kappa shape index (κ1) is 18.4. The third-order valence-corrected chi connectivity index (χ3v) is 6.98. The number of pyridine rings is 1. The molecule has 0 saturated heterocycles. The lowest BCUT2D eigenvalue weighted by molar-refractivity contribution is 0.700. The number of hydrogen-bond donors (Lipinski definition) is 1. The average Bonchev–Trinajstić information content (AvgIpc) is 3.40. The standard InChI is InChI=1S/C23H21N7S/c1-14-5-4-8-19-27-15(13-30(14)19)11-26-22-20-16-6-2-3-7-18(16)31-23(20)29-21(28-22)17-12-24-9-10-25-17/h4-5,8-10,12-13H,2-3,6-7,11H2,1H3,(H,26,28,29). The van der Waals surface area contributed by atoms with Crippen LogP contribution in [0, 0.1) is 6.92 Å². The molecule has 0 amide bonds. The van der Waals surface area contributed by atoms with Crippen LogP contribution >= 0.6 is 11.3 Å². The van der Waals surface area contributed by atoms with Crippen LogP contribution in [0.25, 0.3) is 27.4 Å². The molecular formula is C23H21N7S. The Morgan fingerprint density at radius 2 is 2.03 bits per heavy atom. The molecule has 0 atom stereocenters. The largest absolute Gasteiger partial charge is 0.364 e. The molecule has 0 spiro atoms. The van der Waals surface area contributed by atoms with Gasteiger partial charge in [-0.15, -0.1) is 11.3 Å². The van der Waals surface area contributed by atoms with Gasteiger partial charge in [-0.2, -0.15) is 0 Å². The van der Waals surface area contributed by atoms with Crippen molar-refractivity contribution in [2.75, 3.05) is 5.32 Å². The number of rotatable bonds is 4. The van der Waals surface area contributed by atoms with E-state index in [1.54, 1.807) is 29.9 Å². The molecular weight excluding hydrogens is 406 g/mol. The maximum absolute atomic E-state index is 4.89. The minimum absolute atomic E-state index is 0.595. The average molecular weight is 428 g/mol. The van der Waals surface area contributed by atoms with Crippen LogP contribution in [0.3, 0.4) is 0 Å². The first-order chi connectivity index (χ1) is 15.3. The van der Waals surface area contributed by atoms with Gasteiger partial charge in [0.2, 0.25) is 0 Å². The van der Waals surface area contributed by atoms with Gasteiger partial charge in [-0.25, -0.2) is 19.9 Å². The Hall–Kier alpha value is -3.39. The number of imidazole rings is 1. The summed E-state index contributed by atoms with van der Waals surface area (Å²) in [5, 5.41) is 4.72. The first-order valence-corrected chi connectivity index (χ1v) is 11.3. The van der Waals surface area contributed by atoms with Gasteiger partial charge in [0.1, 0.15) is 22.0 Å². The number of aromatic nitrogens is 6. The number of hydrogen-bond acceptors (Lipinski definition) is 7. The molecule has 31 heavy (non-hydrogen) atoms. The van der Waals surface area contributed by atoms with Gasteiger partial charge in [-0.1, -0.05) is 6.07 Å². The van der Waals surface area contributed by atoms with Crippen LogP contribution in [0.2, 0.25) is 0 Å². The molecule has 7 nitrogen and oxygen atoms in total. The van der Waals surface area contributed by atoms with Gasteiger partial charge in [-0.3, -0.25) is 4.98 Å². The van der Waals surface area contributed by atoms with E-state index >= 15 is 0 Å². The van der Waals surface area contributed by atoms with E-state index in [0.717, 1.165) is 45.9 Å². The van der Waals surface area contributed by atoms with Crippen molar-refractivity contribution in [3.63, 3.8) is 0 Å². The van der Waals surface area contributed by atoms with E-state index in [-0.39, 0.29) is 0 Å². The fraction of sp³-hybridized carbons (Fsp3) is 0.261. The SMILES string of the molecule is Cc1cccc2nc(CNc3nc(-c4cnccn4)nc4sc5c(c34)CCCC5)cn12. The van der Waals surface area contributed by atoms with Crippen LogP contribution in [0.1, 0.15) is 34.7 Å². The molecule has 1 aliphatic carbocycles. The summed E-state index contributed by atoms with van der Waals surface area (Å²) in [6.07, 6.45) is 11.8. The monoisotopic (exact) mass is 427 g/mol. The lowest BCUT2D eigenvalue weighted by atomic mass is 9.97. The Morgan fingerprint density at radius 3 is 2.90 bits per heavy atom. The van der Waals surface area contributed by atoms with E-state index < -0.39 is 0 Å². The molecule has 0 bridgehead atoms. The number of anilines is 1. The summed E-state index contributed by atoms with van der Waals surface area (Å²) in [6.45, 7) is 2.68. The van der Waals surface area contributed by atoms with Gasteiger partial charge >= 0.3 is 0 Å². The maximum Gasteiger partial charge on any atom is 0.183 e. The highest BCUT2D eigenvalue weighted by Crippen LogP contribution is 2.39. The molecule has 0 aromatic carbocycles. The van der Waals surface area contributed by atoms with Crippen molar-refractivity contribution in [3.05, 3.63) is 64.8 Å². The highest BCUT2D eigenvalue weighted by atomic mass is 32.1. The summed E-state index contributed by atoms with van der Waals surface area (Å²) in [5.74, 6) is 1.46. The summed E-state index contributed by atoms with van der Waals surface area (Å²) in [6, 6.07) is 6.15. The van der Waals surface area contributed by atoms with Crippen LogP contribution in [-0.4, -0.2) is 29.3 Å². The lowest BCUT2D eigenvalue weighted by Crippen LogP contribution is -2.06. The molecule has 0 fully saturated rings. The fourth-order valence-electron chi connectivity index (χ4n) is 4.27. The number of fused-ring (bicyclic) bond motifs is 4. The zero-order chi connectivity index (χ0) is 20.8. The Bertz CT molecular complexity index is 1400. The second-order valence-corrected chi connectivity index (χ2v) is 8.94. The second-order valence-electron chi connectivity index (χ2n) is 7.86. The van der Waals surface area contributed by atoms with Crippen LogP contribution in [0.15, 0.2) is 43.0 Å². The Morgan fingerprint density at radius 1 is 1.10 bits per heavy atom. The van der Waals surface area contributed by atoms with Crippen molar-refractivity contribution >= 4 is 33.0 Å². The van der Waals surface area contributed by atoms with Crippen molar-refractivity contribution in [1.82, 2.24) is 29.3 Å². The van der Waals surface area contributed by atoms with Gasteiger partial charge in [0.15, 0.2) is 5.82 Å². The molecule has 1 N–H and O–H groups in total. The minimum Gasteiger partial charge on any atom is -0.364 e. The molecule has 5 heterocycles. The maximum atomic E-state index is 4.89. The van der Waals surface area contributed by atoms with Gasteiger partial charge in [0.25, 0.3) is 0 Å². The van der Waals surface area contributed by atoms with Gasteiger partial charge < -0.3 is 9.72 Å². The zero-order valence-corrected chi connectivity index (χ0v) is 18.0. The summed E-state index contributed by atoms with van der Waals surface area (Å²) in [7, 11) is 0. The minimum atomic E-state index is 0.595. The fourth-order valence-corrected chi connectivity index (χ4v) is 5.53. The molecule has 8 heteroatoms. The third kappa shape index (κ3) is 3.23. The third-order valence-electron chi connectivity index (χ3n) is 5.79. The summed E-state index contributed by atoms with van der Waals surface area (Å²) in [5.41, 5.74) is 5.19. The van der Waals surface area contributed by atoms with Crippen LogP contribution in [0.5, 0.6) is 0 Å². The molecule has 0 saturated carbocycles. The first-order valence-electron chi connectivity index (χ1n) is 10.5. The summed E-state index contributed by atoms with van der Waals surface area (Å²) < 4.78 is 2.12. The predicted octanol–water partition coefficient (Wildman–Crippen LogP) is 4.60. The normalized spacial score (nSPS) is 13.6. The number of aryl methyl sites for hydroxylation is 3. The van der Waals surface area contributed by atoms with Crippen molar-refractivity contribution < 1.29 is 0 Å². The van der Waals surface area contributed by atoms with Gasteiger partial charge in [-0.05, 0) is 50.3 Å². The van der Waals surface area contributed by atoms with Crippen LogP contribution in [-0.2, 0) is 19.4 Å². The second kappa shape index (κ2) is 7.39. The molecule has 0 unspecified atom stereocenters. The van der Waals surface area contributed by atoms with E-state index in [0.29, 0.717) is 18.1 Å². The summed E-state index contributed by atoms with van der Waals surface area (Å²) >= 11 is 1.79. The molecule has 5 aromatic heterocycles. The van der Waals surface area contributed by atoms with Crippen LogP contribution in [0.4, 0.5) is 5.82 Å². The van der Waals surface area contributed by atoms with E-state index in [9.17, 15) is 0 Å². The molecule has 6 rings (SSSR count). The topological polar surface area (TPSA) is 80.9 Å². The van der Waals surface area contributed by atoms with Crippen molar-refractivity contribution in [2.24, 2.45) is 0 Å². The summed E-state index contributed by atoms with van der Waals surface area (Å²) in [4.78, 5) is 25.6. The van der Waals surface area contributed by atoms with Gasteiger partial charge in [0, 0.05) is 29.2 Å². The van der Waals surface area contributed by atoms with Crippen molar-refractivity contribution in [2.45, 2.75) is 39.2 Å². The molecule has 1 aliphatic rings. The zero-order valence-electron chi connectivity index (χ0n) is 17.2. The number of nitrogens with one attached hydrogen (secondary N) is 1. The number of thiophene rings is 1.